The summed E-state index contributed by atoms with van der Waals surface area (Å²) in [6, 6.07) is 8.31. The van der Waals surface area contributed by atoms with Crippen molar-refractivity contribution in [3.63, 3.8) is 0 Å². The van der Waals surface area contributed by atoms with Gasteiger partial charge in [-0.2, -0.15) is 0 Å². The van der Waals surface area contributed by atoms with Crippen LogP contribution in [0.25, 0.3) is 11.1 Å². The minimum absolute atomic E-state index is 0.814. The Hall–Kier alpha value is -1.87. The number of pyridine rings is 1. The predicted octanol–water partition coefficient (Wildman–Crippen LogP) is 2.79. The zero-order chi connectivity index (χ0) is 13.0. The fourth-order valence-corrected chi connectivity index (χ4v) is 1.98. The summed E-state index contributed by atoms with van der Waals surface area (Å²) in [5.41, 5.74) is 4.55. The van der Waals surface area contributed by atoms with Gasteiger partial charge in [0.2, 0.25) is 0 Å². The van der Waals surface area contributed by atoms with Crippen LogP contribution in [0, 0.1) is 6.92 Å². The van der Waals surface area contributed by atoms with Gasteiger partial charge in [0.15, 0.2) is 0 Å². The molecule has 0 aliphatic heterocycles. The second kappa shape index (κ2) is 5.65. The van der Waals surface area contributed by atoms with Gasteiger partial charge in [-0.1, -0.05) is 11.6 Å². The summed E-state index contributed by atoms with van der Waals surface area (Å²) in [7, 11) is 3.62. The monoisotopic (exact) mass is 242 g/mol. The molecular formula is C15H18N2O. The van der Waals surface area contributed by atoms with Crippen LogP contribution < -0.4 is 10.1 Å². The molecule has 18 heavy (non-hydrogen) atoms. The normalized spacial score (nSPS) is 10.4. The first-order chi connectivity index (χ1) is 8.74. The Kier molecular flexibility index (Phi) is 3.95. The van der Waals surface area contributed by atoms with Crippen molar-refractivity contribution in [3.05, 3.63) is 47.8 Å². The molecule has 0 amide bonds. The van der Waals surface area contributed by atoms with Crippen molar-refractivity contribution in [2.24, 2.45) is 0 Å². The van der Waals surface area contributed by atoms with E-state index in [1.807, 2.05) is 31.6 Å². The third-order valence-corrected chi connectivity index (χ3v) is 2.84. The van der Waals surface area contributed by atoms with E-state index in [0.717, 1.165) is 23.4 Å². The first-order valence-corrected chi connectivity index (χ1v) is 5.98. The van der Waals surface area contributed by atoms with Crippen LogP contribution in [0.15, 0.2) is 36.7 Å². The van der Waals surface area contributed by atoms with Crippen molar-refractivity contribution in [3.8, 4) is 16.9 Å². The highest BCUT2D eigenvalue weighted by Crippen LogP contribution is 2.30. The molecule has 3 nitrogen and oxygen atoms in total. The van der Waals surface area contributed by atoms with Crippen molar-refractivity contribution in [2.75, 3.05) is 14.2 Å². The molecule has 2 rings (SSSR count). The van der Waals surface area contributed by atoms with Crippen LogP contribution in [-0.2, 0) is 6.54 Å². The Balaban J connectivity index is 2.47. The summed E-state index contributed by atoms with van der Waals surface area (Å²) >= 11 is 0. The van der Waals surface area contributed by atoms with Crippen LogP contribution in [0.4, 0.5) is 0 Å². The Morgan fingerprint density at radius 3 is 2.78 bits per heavy atom. The quantitative estimate of drug-likeness (QED) is 0.895. The van der Waals surface area contributed by atoms with Crippen molar-refractivity contribution >= 4 is 0 Å². The van der Waals surface area contributed by atoms with Crippen molar-refractivity contribution in [2.45, 2.75) is 13.5 Å². The molecule has 0 saturated carbocycles. The summed E-state index contributed by atoms with van der Waals surface area (Å²) in [6.07, 6.45) is 3.75. The highest BCUT2D eigenvalue weighted by atomic mass is 16.5. The largest absolute Gasteiger partial charge is 0.496 e. The number of ether oxygens (including phenoxy) is 1. The van der Waals surface area contributed by atoms with E-state index in [0.29, 0.717) is 0 Å². The number of hydrogen-bond acceptors (Lipinski definition) is 3. The van der Waals surface area contributed by atoms with Crippen LogP contribution in [0.2, 0.25) is 0 Å². The predicted molar refractivity (Wildman–Crippen MR) is 73.7 cm³/mol. The number of benzene rings is 1. The van der Waals surface area contributed by atoms with Crippen LogP contribution in [0.5, 0.6) is 5.75 Å². The van der Waals surface area contributed by atoms with E-state index < -0.39 is 0 Å². The lowest BCUT2D eigenvalue weighted by Crippen LogP contribution is -2.05. The second-order valence-electron chi connectivity index (χ2n) is 4.32. The molecule has 1 aromatic carbocycles. The van der Waals surface area contributed by atoms with E-state index in [1.54, 1.807) is 7.11 Å². The van der Waals surface area contributed by atoms with Gasteiger partial charge < -0.3 is 10.1 Å². The van der Waals surface area contributed by atoms with Crippen LogP contribution in [-0.4, -0.2) is 19.1 Å². The average Bonchev–Trinajstić information content (AvgIpc) is 2.39. The van der Waals surface area contributed by atoms with E-state index in [4.69, 9.17) is 4.74 Å². The fourth-order valence-electron chi connectivity index (χ4n) is 1.98. The van der Waals surface area contributed by atoms with E-state index >= 15 is 0 Å². The Labute approximate surface area is 108 Å². The first kappa shape index (κ1) is 12.6. The maximum atomic E-state index is 5.41. The second-order valence-corrected chi connectivity index (χ2v) is 4.32. The van der Waals surface area contributed by atoms with Gasteiger partial charge in [-0.25, -0.2) is 0 Å². The molecule has 94 valence electrons. The summed E-state index contributed by atoms with van der Waals surface area (Å²) in [5, 5.41) is 3.13. The Bertz CT molecular complexity index is 538. The smallest absolute Gasteiger partial charge is 0.126 e. The van der Waals surface area contributed by atoms with Crippen molar-refractivity contribution in [1.29, 1.82) is 0 Å². The number of nitrogens with zero attached hydrogens (tertiary/aromatic N) is 1. The van der Waals surface area contributed by atoms with E-state index in [1.165, 1.54) is 11.1 Å². The molecule has 0 saturated heterocycles. The topological polar surface area (TPSA) is 34.2 Å². The number of methoxy groups -OCH3 is 1. The van der Waals surface area contributed by atoms with Gasteiger partial charge >= 0.3 is 0 Å². The van der Waals surface area contributed by atoms with Gasteiger partial charge in [-0.3, -0.25) is 4.98 Å². The molecule has 0 fully saturated rings. The average molecular weight is 242 g/mol. The molecular weight excluding hydrogens is 224 g/mol. The number of aromatic nitrogens is 1. The molecule has 2 aromatic rings. The summed E-state index contributed by atoms with van der Waals surface area (Å²) in [6.45, 7) is 2.89. The number of aryl methyl sites for hydroxylation is 1. The lowest BCUT2D eigenvalue weighted by atomic mass is 10.0. The fraction of sp³-hybridized carbons (Fsp3) is 0.267. The van der Waals surface area contributed by atoms with Gasteiger partial charge in [0.1, 0.15) is 5.75 Å². The SMILES string of the molecule is CNCc1cncc(-c2cc(C)ccc2OC)c1. The lowest BCUT2D eigenvalue weighted by molar-refractivity contribution is 0.416. The molecule has 1 heterocycles. The third kappa shape index (κ3) is 2.68. The van der Waals surface area contributed by atoms with Crippen LogP contribution in [0.3, 0.4) is 0 Å². The molecule has 0 spiro atoms. The summed E-state index contributed by atoms with van der Waals surface area (Å²) < 4.78 is 5.41. The Morgan fingerprint density at radius 1 is 1.22 bits per heavy atom. The highest BCUT2D eigenvalue weighted by Gasteiger charge is 2.07. The molecule has 0 atom stereocenters. The molecule has 3 heteroatoms. The van der Waals surface area contributed by atoms with Crippen LogP contribution >= 0.6 is 0 Å². The zero-order valence-corrected chi connectivity index (χ0v) is 11.0. The minimum Gasteiger partial charge on any atom is -0.496 e. The number of nitrogens with one attached hydrogen (secondary N) is 1. The van der Waals surface area contributed by atoms with Gasteiger partial charge in [0.05, 0.1) is 7.11 Å². The van der Waals surface area contributed by atoms with Gasteiger partial charge in [0, 0.05) is 30.1 Å². The van der Waals surface area contributed by atoms with Crippen LogP contribution in [0.1, 0.15) is 11.1 Å². The molecule has 0 bridgehead atoms. The van der Waals surface area contributed by atoms with Crippen molar-refractivity contribution < 1.29 is 4.74 Å². The molecule has 0 aliphatic carbocycles. The van der Waals surface area contributed by atoms with Crippen molar-refractivity contribution in [1.82, 2.24) is 10.3 Å². The van der Waals surface area contributed by atoms with E-state index in [9.17, 15) is 0 Å². The molecule has 1 N–H and O–H groups in total. The molecule has 0 unspecified atom stereocenters. The Morgan fingerprint density at radius 2 is 2.06 bits per heavy atom. The molecule has 0 aliphatic rings. The van der Waals surface area contributed by atoms with Gasteiger partial charge in [-0.05, 0) is 37.7 Å². The molecule has 1 aromatic heterocycles. The van der Waals surface area contributed by atoms with Gasteiger partial charge in [-0.15, -0.1) is 0 Å². The van der Waals surface area contributed by atoms with Gasteiger partial charge in [0.25, 0.3) is 0 Å². The standard InChI is InChI=1S/C15H18N2O/c1-11-4-5-15(18-3)14(6-11)13-7-12(8-16-2)9-17-10-13/h4-7,9-10,16H,8H2,1-3H3. The number of rotatable bonds is 4. The first-order valence-electron chi connectivity index (χ1n) is 5.98. The van der Waals surface area contributed by atoms with E-state index in [2.05, 4.69) is 29.4 Å². The maximum Gasteiger partial charge on any atom is 0.126 e. The van der Waals surface area contributed by atoms with E-state index in [-0.39, 0.29) is 0 Å². The summed E-state index contributed by atoms with van der Waals surface area (Å²) in [4.78, 5) is 4.29. The maximum absolute atomic E-state index is 5.41. The zero-order valence-electron chi connectivity index (χ0n) is 11.0. The summed E-state index contributed by atoms with van der Waals surface area (Å²) in [5.74, 6) is 0.879. The molecule has 0 radical (unpaired) electrons. The highest BCUT2D eigenvalue weighted by molar-refractivity contribution is 5.70. The lowest BCUT2D eigenvalue weighted by Gasteiger charge is -2.10. The third-order valence-electron chi connectivity index (χ3n) is 2.84. The number of hydrogen-bond donors (Lipinski definition) is 1. The minimum atomic E-state index is 0.814.